The van der Waals surface area contributed by atoms with Crippen LogP contribution >= 0.6 is 0 Å². The molecule has 0 fully saturated rings. The molecule has 0 aromatic heterocycles. The Balaban J connectivity index is 2.48. The molecule has 2 N–H and O–H groups in total. The van der Waals surface area contributed by atoms with Gasteiger partial charge in [-0.25, -0.2) is 9.59 Å². The largest absolute Gasteiger partial charge is 0.458 e. The number of likely N-dealkylation sites (N-methyl/N-ethyl adjacent to an activating group) is 1. The molecule has 3 amide bonds. The van der Waals surface area contributed by atoms with Gasteiger partial charge in [0.15, 0.2) is 0 Å². The van der Waals surface area contributed by atoms with Gasteiger partial charge in [-0.15, -0.1) is 6.42 Å². The van der Waals surface area contributed by atoms with Crippen LogP contribution < -0.4 is 10.6 Å². The number of alkyl carbamates (subject to hydrolysis) is 1. The van der Waals surface area contributed by atoms with Crippen molar-refractivity contribution in [1.29, 1.82) is 0 Å². The van der Waals surface area contributed by atoms with E-state index in [0.717, 1.165) is 5.56 Å². The molecule has 232 valence electrons. The number of nitrogens with one attached hydrogen (secondary N) is 2. The van der Waals surface area contributed by atoms with Crippen LogP contribution in [0.25, 0.3) is 0 Å². The topological polar surface area (TPSA) is 114 Å². The third-order valence-corrected chi connectivity index (χ3v) is 6.27. The summed E-state index contributed by atoms with van der Waals surface area (Å²) in [6, 6.07) is 12.7. The second-order valence-corrected chi connectivity index (χ2v) is 12.8. The average Bonchev–Trinajstić information content (AvgIpc) is 2.90. The van der Waals surface area contributed by atoms with Crippen LogP contribution in [0.15, 0.2) is 54.6 Å². The maximum Gasteiger partial charge on any atom is 0.408 e. The van der Waals surface area contributed by atoms with Gasteiger partial charge in [-0.2, -0.15) is 0 Å². The lowest BCUT2D eigenvalue weighted by Crippen LogP contribution is -2.55. The third-order valence-electron chi connectivity index (χ3n) is 6.27. The zero-order valence-electron chi connectivity index (χ0n) is 26.7. The van der Waals surface area contributed by atoms with Gasteiger partial charge in [0.05, 0.1) is 0 Å². The van der Waals surface area contributed by atoms with Crippen molar-refractivity contribution in [2.24, 2.45) is 5.92 Å². The van der Waals surface area contributed by atoms with Gasteiger partial charge in [-0.05, 0) is 70.7 Å². The lowest BCUT2D eigenvalue weighted by atomic mass is 9.98. The van der Waals surface area contributed by atoms with E-state index in [1.54, 1.807) is 79.7 Å². The molecule has 43 heavy (non-hydrogen) atoms. The number of rotatable bonds is 10. The molecule has 3 atom stereocenters. The zero-order valence-corrected chi connectivity index (χ0v) is 26.7. The van der Waals surface area contributed by atoms with Gasteiger partial charge in [0, 0.05) is 19.0 Å². The van der Waals surface area contributed by atoms with E-state index >= 15 is 0 Å². The fourth-order valence-corrected chi connectivity index (χ4v) is 4.27. The van der Waals surface area contributed by atoms with Gasteiger partial charge in [0.1, 0.15) is 29.3 Å². The van der Waals surface area contributed by atoms with Gasteiger partial charge < -0.3 is 25.0 Å². The van der Waals surface area contributed by atoms with E-state index in [1.807, 2.05) is 30.3 Å². The van der Waals surface area contributed by atoms with Crippen molar-refractivity contribution in [2.45, 2.75) is 91.1 Å². The lowest BCUT2D eigenvalue weighted by molar-refractivity contribution is -0.159. The summed E-state index contributed by atoms with van der Waals surface area (Å²) < 4.78 is 11.0. The van der Waals surface area contributed by atoms with Crippen molar-refractivity contribution in [3.63, 3.8) is 0 Å². The molecule has 0 radical (unpaired) electrons. The Hall–Kier alpha value is -4.32. The van der Waals surface area contributed by atoms with Crippen LogP contribution in [0.5, 0.6) is 0 Å². The number of amides is 3. The molecule has 3 unspecified atom stereocenters. The Kier molecular flexibility index (Phi) is 11.9. The summed E-state index contributed by atoms with van der Waals surface area (Å²) >= 11 is 0. The molecule has 2 aromatic carbocycles. The van der Waals surface area contributed by atoms with E-state index in [1.165, 1.54) is 11.9 Å². The summed E-state index contributed by atoms with van der Waals surface area (Å²) in [6.45, 7) is 14.0. The first-order valence-corrected chi connectivity index (χ1v) is 14.3. The minimum Gasteiger partial charge on any atom is -0.458 e. The van der Waals surface area contributed by atoms with Gasteiger partial charge in [-0.3, -0.25) is 9.59 Å². The molecule has 0 aliphatic rings. The number of hydrogen-bond donors (Lipinski definition) is 2. The molecule has 0 saturated carbocycles. The summed E-state index contributed by atoms with van der Waals surface area (Å²) in [5.74, 6) is 0.488. The Morgan fingerprint density at radius 2 is 1.42 bits per heavy atom. The normalized spacial score (nSPS) is 13.6. The van der Waals surface area contributed by atoms with Crippen LogP contribution in [-0.4, -0.2) is 59.1 Å². The highest BCUT2D eigenvalue weighted by molar-refractivity contribution is 5.94. The number of esters is 1. The number of ether oxygens (including phenoxy) is 2. The highest BCUT2D eigenvalue weighted by atomic mass is 16.6. The SMILES string of the molecule is C#Cc1ccc(C(C(=O)NC(Cc2ccccc2)C(=O)OC(C)(C)C)N(C)C(=O)C(NC(=O)OC(C)(C)C)C(C)C)cc1. The first-order valence-electron chi connectivity index (χ1n) is 14.3. The van der Waals surface area contributed by atoms with Crippen molar-refractivity contribution < 1.29 is 28.7 Å². The molecule has 0 spiro atoms. The second-order valence-electron chi connectivity index (χ2n) is 12.8. The Bertz CT molecular complexity index is 1300. The second kappa shape index (κ2) is 14.7. The van der Waals surface area contributed by atoms with E-state index in [2.05, 4.69) is 16.6 Å². The summed E-state index contributed by atoms with van der Waals surface area (Å²) in [5.41, 5.74) is 0.330. The predicted molar refractivity (Wildman–Crippen MR) is 166 cm³/mol. The van der Waals surface area contributed by atoms with E-state index in [4.69, 9.17) is 15.9 Å². The Morgan fingerprint density at radius 3 is 1.91 bits per heavy atom. The highest BCUT2D eigenvalue weighted by Gasteiger charge is 2.37. The fourth-order valence-electron chi connectivity index (χ4n) is 4.27. The molecule has 2 rings (SSSR count). The van der Waals surface area contributed by atoms with Crippen molar-refractivity contribution in [3.8, 4) is 12.3 Å². The molecule has 2 aromatic rings. The van der Waals surface area contributed by atoms with Crippen molar-refractivity contribution >= 4 is 23.9 Å². The number of hydrogen-bond acceptors (Lipinski definition) is 6. The standard InChI is InChI=1S/C34H45N3O6/c1-11-23-17-19-25(20-18-23)28(37(10)30(39)27(22(2)3)36-32(41)43-34(7,8)9)29(38)35-26(31(40)42-33(4,5)6)21-24-15-13-12-14-16-24/h1,12-20,22,26-28H,21H2,2-10H3,(H,35,38)(H,36,41). The van der Waals surface area contributed by atoms with Crippen LogP contribution in [0, 0.1) is 18.3 Å². The molecule has 9 nitrogen and oxygen atoms in total. The summed E-state index contributed by atoms with van der Waals surface area (Å²) in [5, 5.41) is 5.48. The monoisotopic (exact) mass is 591 g/mol. The van der Waals surface area contributed by atoms with Crippen LogP contribution in [0.2, 0.25) is 0 Å². The van der Waals surface area contributed by atoms with E-state index in [0.29, 0.717) is 11.1 Å². The summed E-state index contributed by atoms with van der Waals surface area (Å²) in [4.78, 5) is 55.1. The number of terminal acetylenes is 1. The first-order chi connectivity index (χ1) is 19.9. The molecule has 0 saturated heterocycles. The molecule has 0 aliphatic heterocycles. The zero-order chi connectivity index (χ0) is 32.5. The molecular formula is C34H45N3O6. The maximum atomic E-state index is 14.1. The Morgan fingerprint density at radius 1 is 0.860 bits per heavy atom. The molecule has 0 aliphatic carbocycles. The fraction of sp³-hybridized carbons (Fsp3) is 0.471. The number of benzene rings is 2. The van der Waals surface area contributed by atoms with E-state index in [9.17, 15) is 19.2 Å². The van der Waals surface area contributed by atoms with Crippen LogP contribution in [0.4, 0.5) is 4.79 Å². The number of carbonyl (C=O) groups excluding carboxylic acids is 4. The third kappa shape index (κ3) is 11.1. The van der Waals surface area contributed by atoms with Crippen molar-refractivity contribution in [1.82, 2.24) is 15.5 Å². The average molecular weight is 592 g/mol. The predicted octanol–water partition coefficient (Wildman–Crippen LogP) is 4.79. The van der Waals surface area contributed by atoms with E-state index in [-0.39, 0.29) is 12.3 Å². The smallest absolute Gasteiger partial charge is 0.408 e. The Labute approximate surface area is 255 Å². The van der Waals surface area contributed by atoms with Gasteiger partial charge in [-0.1, -0.05) is 62.2 Å². The lowest BCUT2D eigenvalue weighted by Gasteiger charge is -2.34. The van der Waals surface area contributed by atoms with Crippen LogP contribution in [0.3, 0.4) is 0 Å². The molecule has 0 bridgehead atoms. The summed E-state index contributed by atoms with van der Waals surface area (Å²) in [6.07, 6.45) is 4.96. The minimum absolute atomic E-state index is 0.177. The molecule has 0 heterocycles. The van der Waals surface area contributed by atoms with Crippen molar-refractivity contribution in [3.05, 3.63) is 71.3 Å². The first kappa shape index (κ1) is 34.9. The summed E-state index contributed by atoms with van der Waals surface area (Å²) in [7, 11) is 1.48. The number of carbonyl (C=O) groups is 4. The highest BCUT2D eigenvalue weighted by Crippen LogP contribution is 2.24. The molecular weight excluding hydrogens is 546 g/mol. The molecule has 9 heteroatoms. The van der Waals surface area contributed by atoms with Crippen LogP contribution in [0.1, 0.15) is 78.1 Å². The minimum atomic E-state index is -1.17. The van der Waals surface area contributed by atoms with Crippen molar-refractivity contribution in [2.75, 3.05) is 7.05 Å². The maximum absolute atomic E-state index is 14.1. The van der Waals surface area contributed by atoms with Crippen LogP contribution in [-0.2, 0) is 30.3 Å². The quantitative estimate of drug-likeness (QED) is 0.304. The van der Waals surface area contributed by atoms with E-state index < -0.39 is 53.2 Å². The van der Waals surface area contributed by atoms with Gasteiger partial charge in [0.25, 0.3) is 0 Å². The number of nitrogens with zero attached hydrogens (tertiary/aromatic N) is 1. The van der Waals surface area contributed by atoms with Gasteiger partial charge >= 0.3 is 12.1 Å². The van der Waals surface area contributed by atoms with Gasteiger partial charge in [0.2, 0.25) is 11.8 Å².